The zero-order valence-corrected chi connectivity index (χ0v) is 17.8. The van der Waals surface area contributed by atoms with Gasteiger partial charge in [0.25, 0.3) is 0 Å². The summed E-state index contributed by atoms with van der Waals surface area (Å²) >= 11 is 1.66. The van der Waals surface area contributed by atoms with Crippen molar-refractivity contribution in [2.75, 3.05) is 32.0 Å². The summed E-state index contributed by atoms with van der Waals surface area (Å²) in [4.78, 5) is 30.3. The lowest BCUT2D eigenvalue weighted by molar-refractivity contribution is -0.122. The molecular weight excluding hydrogens is 384 g/mol. The third kappa shape index (κ3) is 5.85. The summed E-state index contributed by atoms with van der Waals surface area (Å²) in [6.45, 7) is 5.08. The number of hydrogen-bond donors (Lipinski definition) is 2. The van der Waals surface area contributed by atoms with Crippen molar-refractivity contribution in [2.45, 2.75) is 20.3 Å². The van der Waals surface area contributed by atoms with Crippen LogP contribution in [-0.2, 0) is 9.59 Å². The van der Waals surface area contributed by atoms with Crippen LogP contribution in [0.5, 0.6) is 0 Å². The van der Waals surface area contributed by atoms with Crippen LogP contribution in [-0.4, -0.2) is 48.4 Å². The van der Waals surface area contributed by atoms with Gasteiger partial charge in [0.05, 0.1) is 23.3 Å². The molecule has 3 aromatic rings. The number of anilines is 1. The quantitative estimate of drug-likeness (QED) is 0.594. The van der Waals surface area contributed by atoms with E-state index in [9.17, 15) is 9.59 Å². The largest absolute Gasteiger partial charge is 0.355 e. The van der Waals surface area contributed by atoms with Crippen LogP contribution in [0.15, 0.2) is 42.5 Å². The maximum Gasteiger partial charge on any atom is 0.238 e. The average Bonchev–Trinajstić information content (AvgIpc) is 3.09. The van der Waals surface area contributed by atoms with Gasteiger partial charge in [-0.15, -0.1) is 11.3 Å². The molecule has 0 spiro atoms. The summed E-state index contributed by atoms with van der Waals surface area (Å²) in [5.74, 6) is -0.225. The minimum Gasteiger partial charge on any atom is -0.355 e. The molecule has 0 aliphatic heterocycles. The van der Waals surface area contributed by atoms with E-state index in [1.807, 2.05) is 37.3 Å². The van der Waals surface area contributed by atoms with E-state index >= 15 is 0 Å². The number of hydrogen-bond acceptors (Lipinski definition) is 5. The molecule has 2 N–H and O–H groups in total. The Morgan fingerprint density at radius 2 is 1.79 bits per heavy atom. The van der Waals surface area contributed by atoms with Crippen LogP contribution in [0.1, 0.15) is 18.9 Å². The van der Waals surface area contributed by atoms with Crippen molar-refractivity contribution >= 4 is 39.1 Å². The Morgan fingerprint density at radius 3 is 2.52 bits per heavy atom. The summed E-state index contributed by atoms with van der Waals surface area (Å²) in [6, 6.07) is 13.9. The van der Waals surface area contributed by atoms with Crippen molar-refractivity contribution in [1.29, 1.82) is 0 Å². The number of fused-ring (bicyclic) bond motifs is 1. The highest BCUT2D eigenvalue weighted by molar-refractivity contribution is 7.21. The fourth-order valence-electron chi connectivity index (χ4n) is 2.92. The molecular formula is C22H26N4O2S. The number of benzene rings is 2. The Morgan fingerprint density at radius 1 is 1.07 bits per heavy atom. The second-order valence-electron chi connectivity index (χ2n) is 7.14. The van der Waals surface area contributed by atoms with Crippen LogP contribution < -0.4 is 10.6 Å². The van der Waals surface area contributed by atoms with Crippen LogP contribution in [0.3, 0.4) is 0 Å². The smallest absolute Gasteiger partial charge is 0.238 e. The summed E-state index contributed by atoms with van der Waals surface area (Å²) in [7, 11) is 1.75. The third-order valence-electron chi connectivity index (χ3n) is 4.36. The van der Waals surface area contributed by atoms with Crippen molar-refractivity contribution in [3.63, 3.8) is 0 Å². The number of aromatic nitrogens is 1. The Balaban J connectivity index is 1.57. The lowest BCUT2D eigenvalue weighted by Crippen LogP contribution is -2.39. The van der Waals surface area contributed by atoms with Gasteiger partial charge >= 0.3 is 0 Å². The monoisotopic (exact) mass is 410 g/mol. The van der Waals surface area contributed by atoms with Gasteiger partial charge in [-0.05, 0) is 62.4 Å². The van der Waals surface area contributed by atoms with Gasteiger partial charge in [-0.1, -0.05) is 13.0 Å². The zero-order valence-electron chi connectivity index (χ0n) is 17.0. The molecule has 0 unspecified atom stereocenters. The van der Waals surface area contributed by atoms with Crippen molar-refractivity contribution in [3.8, 4) is 10.6 Å². The molecule has 0 atom stereocenters. The molecule has 7 heteroatoms. The molecule has 0 aliphatic rings. The molecule has 2 amide bonds. The number of nitrogens with zero attached hydrogens (tertiary/aromatic N) is 2. The fraction of sp³-hybridized carbons (Fsp3) is 0.318. The maximum absolute atomic E-state index is 12.2. The number of likely N-dealkylation sites (N-methyl/N-ethyl adjacent to an activating group) is 1. The van der Waals surface area contributed by atoms with Crippen molar-refractivity contribution < 1.29 is 9.59 Å². The minimum absolute atomic E-state index is 0.0717. The molecule has 0 aliphatic carbocycles. The first-order chi connectivity index (χ1) is 13.9. The van der Waals surface area contributed by atoms with Crippen LogP contribution >= 0.6 is 11.3 Å². The van der Waals surface area contributed by atoms with E-state index in [4.69, 9.17) is 0 Å². The second-order valence-corrected chi connectivity index (χ2v) is 8.17. The van der Waals surface area contributed by atoms with Gasteiger partial charge in [0, 0.05) is 17.8 Å². The topological polar surface area (TPSA) is 74.3 Å². The predicted octanol–water partition coefficient (Wildman–Crippen LogP) is 3.67. The molecule has 1 aromatic heterocycles. The van der Waals surface area contributed by atoms with E-state index in [1.165, 1.54) is 10.3 Å². The summed E-state index contributed by atoms with van der Waals surface area (Å²) in [5.41, 5.74) is 3.96. The number of nitrogens with one attached hydrogen (secondary N) is 2. The van der Waals surface area contributed by atoms with Gasteiger partial charge in [-0.2, -0.15) is 0 Å². The summed E-state index contributed by atoms with van der Waals surface area (Å²) in [5, 5.41) is 6.64. The minimum atomic E-state index is -0.154. The third-order valence-corrected chi connectivity index (χ3v) is 5.43. The van der Waals surface area contributed by atoms with Gasteiger partial charge in [0.1, 0.15) is 5.01 Å². The summed E-state index contributed by atoms with van der Waals surface area (Å²) in [6.07, 6.45) is 0.891. The maximum atomic E-state index is 12.2. The molecule has 0 radical (unpaired) electrons. The SMILES string of the molecule is CCCNC(=O)CN(C)CC(=O)Nc1ccc(-c2nc3ccc(C)cc3s2)cc1. The van der Waals surface area contributed by atoms with Gasteiger partial charge in [-0.25, -0.2) is 4.98 Å². The van der Waals surface area contributed by atoms with E-state index in [-0.39, 0.29) is 24.9 Å². The zero-order chi connectivity index (χ0) is 20.8. The molecule has 6 nitrogen and oxygen atoms in total. The standard InChI is InChI=1S/C22H26N4O2S/c1-4-11-23-20(27)13-26(3)14-21(28)24-17-8-6-16(7-9-17)22-25-18-10-5-15(2)12-19(18)29-22/h5-10,12H,4,11,13-14H2,1-3H3,(H,23,27)(H,24,28). The second kappa shape index (κ2) is 9.62. The average molecular weight is 411 g/mol. The van der Waals surface area contributed by atoms with E-state index in [1.54, 1.807) is 23.3 Å². The molecule has 1 heterocycles. The van der Waals surface area contributed by atoms with Crippen molar-refractivity contribution in [3.05, 3.63) is 48.0 Å². The van der Waals surface area contributed by atoms with E-state index in [0.29, 0.717) is 6.54 Å². The predicted molar refractivity (Wildman–Crippen MR) is 119 cm³/mol. The van der Waals surface area contributed by atoms with E-state index < -0.39 is 0 Å². The van der Waals surface area contributed by atoms with Gasteiger partial charge < -0.3 is 10.6 Å². The van der Waals surface area contributed by atoms with Crippen LogP contribution in [0.25, 0.3) is 20.8 Å². The molecule has 0 fully saturated rings. The Bertz CT molecular complexity index is 998. The molecule has 0 saturated heterocycles. The highest BCUT2D eigenvalue weighted by Gasteiger charge is 2.11. The number of rotatable bonds is 8. The first-order valence-electron chi connectivity index (χ1n) is 9.67. The van der Waals surface area contributed by atoms with Crippen molar-refractivity contribution in [1.82, 2.24) is 15.2 Å². The lowest BCUT2D eigenvalue weighted by Gasteiger charge is -2.16. The van der Waals surface area contributed by atoms with E-state index in [2.05, 4.69) is 34.7 Å². The number of carbonyl (C=O) groups excluding carboxylic acids is 2. The molecule has 29 heavy (non-hydrogen) atoms. The Labute approximate surface area is 174 Å². The molecule has 3 rings (SSSR count). The number of aryl methyl sites for hydroxylation is 1. The Hall–Kier alpha value is -2.77. The van der Waals surface area contributed by atoms with Gasteiger partial charge in [0.2, 0.25) is 11.8 Å². The fourth-order valence-corrected chi connectivity index (χ4v) is 3.99. The Kier molecular flexibility index (Phi) is 6.95. The highest BCUT2D eigenvalue weighted by Crippen LogP contribution is 2.31. The van der Waals surface area contributed by atoms with Crippen LogP contribution in [0.2, 0.25) is 0 Å². The molecule has 152 valence electrons. The number of thiazole rings is 1. The van der Waals surface area contributed by atoms with E-state index in [0.717, 1.165) is 28.2 Å². The number of carbonyl (C=O) groups is 2. The van der Waals surface area contributed by atoms with Crippen LogP contribution in [0, 0.1) is 6.92 Å². The van der Waals surface area contributed by atoms with Crippen molar-refractivity contribution in [2.24, 2.45) is 0 Å². The highest BCUT2D eigenvalue weighted by atomic mass is 32.1. The summed E-state index contributed by atoms with van der Waals surface area (Å²) < 4.78 is 1.17. The molecule has 2 aromatic carbocycles. The molecule has 0 saturated carbocycles. The first kappa shape index (κ1) is 21.0. The number of amides is 2. The lowest BCUT2D eigenvalue weighted by atomic mass is 10.2. The van der Waals surface area contributed by atoms with Gasteiger partial charge in [-0.3, -0.25) is 14.5 Å². The van der Waals surface area contributed by atoms with Crippen LogP contribution in [0.4, 0.5) is 5.69 Å². The van der Waals surface area contributed by atoms with Gasteiger partial charge in [0.15, 0.2) is 0 Å². The first-order valence-corrected chi connectivity index (χ1v) is 10.5. The normalized spacial score (nSPS) is 11.0. The molecule has 0 bridgehead atoms.